The van der Waals surface area contributed by atoms with E-state index in [0.29, 0.717) is 18.1 Å². The summed E-state index contributed by atoms with van der Waals surface area (Å²) in [5.74, 6) is -0.480. The van der Waals surface area contributed by atoms with Crippen LogP contribution >= 0.6 is 0 Å². The standard InChI is InChI=1S/C12H15NO5/c1-2-17-9-3-5-10(6-4-9)18-12(16)8-13-7-11(14)15/h3-6,13H,2,7-8H2,1H3,(H,14,15). The summed E-state index contributed by atoms with van der Waals surface area (Å²) >= 11 is 0. The highest BCUT2D eigenvalue weighted by Crippen LogP contribution is 2.17. The van der Waals surface area contributed by atoms with Gasteiger partial charge in [0.15, 0.2) is 0 Å². The van der Waals surface area contributed by atoms with Gasteiger partial charge in [0.25, 0.3) is 0 Å². The summed E-state index contributed by atoms with van der Waals surface area (Å²) in [5, 5.41) is 10.8. The predicted octanol–water partition coefficient (Wildman–Crippen LogP) is 0.665. The molecule has 0 aromatic heterocycles. The SMILES string of the molecule is CCOc1ccc(OC(=O)CNCC(=O)O)cc1. The van der Waals surface area contributed by atoms with E-state index in [1.165, 1.54) is 0 Å². The molecule has 0 heterocycles. The van der Waals surface area contributed by atoms with Crippen molar-refractivity contribution in [2.75, 3.05) is 19.7 Å². The fourth-order valence-electron chi connectivity index (χ4n) is 1.21. The van der Waals surface area contributed by atoms with Crippen molar-refractivity contribution in [3.05, 3.63) is 24.3 Å². The molecule has 0 bridgehead atoms. The molecule has 1 rings (SSSR count). The molecule has 0 unspecified atom stereocenters. The third-order valence-electron chi connectivity index (χ3n) is 1.91. The number of rotatable bonds is 7. The minimum atomic E-state index is -1.02. The summed E-state index contributed by atoms with van der Waals surface area (Å²) in [6.45, 7) is 2.01. The molecule has 0 fully saturated rings. The highest BCUT2D eigenvalue weighted by Gasteiger charge is 2.05. The highest BCUT2D eigenvalue weighted by atomic mass is 16.5. The first-order valence-corrected chi connectivity index (χ1v) is 5.48. The molecule has 0 aliphatic carbocycles. The lowest BCUT2D eigenvalue weighted by Crippen LogP contribution is -2.30. The second kappa shape index (κ2) is 7.29. The predicted molar refractivity (Wildman–Crippen MR) is 63.8 cm³/mol. The minimum Gasteiger partial charge on any atom is -0.494 e. The van der Waals surface area contributed by atoms with Gasteiger partial charge in [0.2, 0.25) is 0 Å². The van der Waals surface area contributed by atoms with E-state index < -0.39 is 11.9 Å². The number of nitrogens with one attached hydrogen (secondary N) is 1. The first-order valence-electron chi connectivity index (χ1n) is 5.48. The van der Waals surface area contributed by atoms with Gasteiger partial charge < -0.3 is 14.6 Å². The molecule has 1 aromatic carbocycles. The molecule has 6 nitrogen and oxygen atoms in total. The molecule has 2 N–H and O–H groups in total. The number of esters is 1. The van der Waals surface area contributed by atoms with Gasteiger partial charge in [-0.05, 0) is 31.2 Å². The fourth-order valence-corrected chi connectivity index (χ4v) is 1.21. The van der Waals surface area contributed by atoms with E-state index in [1.807, 2.05) is 6.92 Å². The number of carbonyl (C=O) groups is 2. The van der Waals surface area contributed by atoms with Gasteiger partial charge in [-0.15, -0.1) is 0 Å². The Morgan fingerprint density at radius 1 is 1.17 bits per heavy atom. The van der Waals surface area contributed by atoms with Gasteiger partial charge >= 0.3 is 11.9 Å². The molecule has 1 aromatic rings. The van der Waals surface area contributed by atoms with E-state index in [1.54, 1.807) is 24.3 Å². The highest BCUT2D eigenvalue weighted by molar-refractivity contribution is 5.75. The Kier molecular flexibility index (Phi) is 5.66. The number of hydrogen-bond acceptors (Lipinski definition) is 5. The van der Waals surface area contributed by atoms with Crippen molar-refractivity contribution >= 4 is 11.9 Å². The molecule has 98 valence electrons. The second-order valence-electron chi connectivity index (χ2n) is 3.38. The molecule has 18 heavy (non-hydrogen) atoms. The molecule has 0 aliphatic heterocycles. The first kappa shape index (κ1) is 14.0. The molecule has 0 aliphatic rings. The summed E-state index contributed by atoms with van der Waals surface area (Å²) < 4.78 is 10.2. The molecule has 0 atom stereocenters. The van der Waals surface area contributed by atoms with Crippen LogP contribution in [0, 0.1) is 0 Å². The van der Waals surface area contributed by atoms with Gasteiger partial charge in [0, 0.05) is 0 Å². The maximum absolute atomic E-state index is 11.3. The Labute approximate surface area is 105 Å². The number of carbonyl (C=O) groups excluding carboxylic acids is 1. The van der Waals surface area contributed by atoms with Crippen molar-refractivity contribution in [2.24, 2.45) is 0 Å². The van der Waals surface area contributed by atoms with Crippen LogP contribution < -0.4 is 14.8 Å². The van der Waals surface area contributed by atoms with Crippen molar-refractivity contribution in [1.82, 2.24) is 5.32 Å². The Hall–Kier alpha value is -2.08. The molecule has 0 spiro atoms. The van der Waals surface area contributed by atoms with Gasteiger partial charge in [-0.1, -0.05) is 0 Å². The summed E-state index contributed by atoms with van der Waals surface area (Å²) in [7, 11) is 0. The minimum absolute atomic E-state index is 0.153. The van der Waals surface area contributed by atoms with Crippen LogP contribution in [-0.2, 0) is 9.59 Å². The zero-order chi connectivity index (χ0) is 13.4. The van der Waals surface area contributed by atoms with Crippen molar-refractivity contribution in [3.8, 4) is 11.5 Å². The third-order valence-corrected chi connectivity index (χ3v) is 1.91. The average molecular weight is 253 g/mol. The van der Waals surface area contributed by atoms with Gasteiger partial charge in [0.1, 0.15) is 11.5 Å². The monoisotopic (exact) mass is 253 g/mol. The molecular formula is C12H15NO5. The Morgan fingerprint density at radius 2 is 1.78 bits per heavy atom. The number of carboxylic acid groups (broad SMARTS) is 1. The van der Waals surface area contributed by atoms with E-state index in [0.717, 1.165) is 0 Å². The lowest BCUT2D eigenvalue weighted by molar-refractivity contribution is -0.136. The Bertz CT molecular complexity index is 401. The van der Waals surface area contributed by atoms with Gasteiger partial charge in [0.05, 0.1) is 19.7 Å². The first-order chi connectivity index (χ1) is 8.61. The van der Waals surface area contributed by atoms with Crippen LogP contribution in [0.1, 0.15) is 6.92 Å². The van der Waals surface area contributed by atoms with E-state index >= 15 is 0 Å². The zero-order valence-corrected chi connectivity index (χ0v) is 10.0. The summed E-state index contributed by atoms with van der Waals surface area (Å²) in [6, 6.07) is 6.60. The van der Waals surface area contributed by atoms with Gasteiger partial charge in [-0.3, -0.25) is 14.9 Å². The Morgan fingerprint density at radius 3 is 2.33 bits per heavy atom. The van der Waals surface area contributed by atoms with Gasteiger partial charge in [-0.2, -0.15) is 0 Å². The quantitative estimate of drug-likeness (QED) is 0.548. The second-order valence-corrected chi connectivity index (χ2v) is 3.38. The summed E-state index contributed by atoms with van der Waals surface area (Å²) in [5.41, 5.74) is 0. The lowest BCUT2D eigenvalue weighted by Gasteiger charge is -2.06. The zero-order valence-electron chi connectivity index (χ0n) is 10.0. The molecule has 0 radical (unpaired) electrons. The number of aliphatic carboxylic acids is 1. The van der Waals surface area contributed by atoms with Crippen molar-refractivity contribution in [3.63, 3.8) is 0 Å². The van der Waals surface area contributed by atoms with E-state index in [2.05, 4.69) is 5.32 Å². The van der Waals surface area contributed by atoms with Crippen LogP contribution in [0.4, 0.5) is 0 Å². The van der Waals surface area contributed by atoms with E-state index in [-0.39, 0.29) is 13.1 Å². The number of ether oxygens (including phenoxy) is 2. The molecule has 0 amide bonds. The van der Waals surface area contributed by atoms with E-state index in [9.17, 15) is 9.59 Å². The van der Waals surface area contributed by atoms with Crippen LogP contribution in [0.5, 0.6) is 11.5 Å². The Balaban J connectivity index is 2.37. The number of benzene rings is 1. The van der Waals surface area contributed by atoms with Crippen molar-refractivity contribution < 1.29 is 24.2 Å². The van der Waals surface area contributed by atoms with Crippen LogP contribution in [0.15, 0.2) is 24.3 Å². The number of carboxylic acids is 1. The smallest absolute Gasteiger partial charge is 0.325 e. The number of hydrogen-bond donors (Lipinski definition) is 2. The summed E-state index contributed by atoms with van der Waals surface area (Å²) in [6.07, 6.45) is 0. The molecule has 6 heteroatoms. The topological polar surface area (TPSA) is 84.9 Å². The fraction of sp³-hybridized carbons (Fsp3) is 0.333. The van der Waals surface area contributed by atoms with E-state index in [4.69, 9.17) is 14.6 Å². The lowest BCUT2D eigenvalue weighted by atomic mass is 10.3. The maximum Gasteiger partial charge on any atom is 0.325 e. The van der Waals surface area contributed by atoms with Crippen LogP contribution in [0.25, 0.3) is 0 Å². The van der Waals surface area contributed by atoms with Crippen molar-refractivity contribution in [1.29, 1.82) is 0 Å². The van der Waals surface area contributed by atoms with Gasteiger partial charge in [-0.25, -0.2) is 0 Å². The average Bonchev–Trinajstić information content (AvgIpc) is 2.31. The third kappa shape index (κ3) is 5.31. The van der Waals surface area contributed by atoms with Crippen LogP contribution in [0.2, 0.25) is 0 Å². The van der Waals surface area contributed by atoms with Crippen LogP contribution in [0.3, 0.4) is 0 Å². The maximum atomic E-state index is 11.3. The summed E-state index contributed by atoms with van der Waals surface area (Å²) in [4.78, 5) is 21.5. The van der Waals surface area contributed by atoms with Crippen LogP contribution in [-0.4, -0.2) is 36.7 Å². The van der Waals surface area contributed by atoms with Crippen molar-refractivity contribution in [2.45, 2.75) is 6.92 Å². The molecule has 0 saturated heterocycles. The molecular weight excluding hydrogens is 238 g/mol. The normalized spacial score (nSPS) is 9.83. The largest absolute Gasteiger partial charge is 0.494 e. The molecule has 0 saturated carbocycles.